The molecule has 1 N–H and O–H groups in total. The molecule has 0 spiro atoms. The van der Waals surface area contributed by atoms with Crippen molar-refractivity contribution >= 4 is 23.2 Å². The van der Waals surface area contributed by atoms with Crippen LogP contribution in [0.5, 0.6) is 5.75 Å². The maximum absolute atomic E-state index is 12.2. The fourth-order valence-electron chi connectivity index (χ4n) is 3.72. The zero-order chi connectivity index (χ0) is 21.2. The van der Waals surface area contributed by atoms with Gasteiger partial charge in [0.2, 0.25) is 0 Å². The maximum Gasteiger partial charge on any atom is 0.511 e. The first-order valence-electron chi connectivity index (χ1n) is 10.0. The average Bonchev–Trinajstić information content (AvgIpc) is 3.02. The molecule has 8 nitrogen and oxygen atoms in total. The first-order chi connectivity index (χ1) is 13.7. The number of ether oxygens (including phenoxy) is 2. The second-order valence-corrected chi connectivity index (χ2v) is 8.46. The second-order valence-electron chi connectivity index (χ2n) is 8.46. The fraction of sp³-hybridized carbons (Fsp3) is 0.571. The summed E-state index contributed by atoms with van der Waals surface area (Å²) in [5, 5.41) is 14.5. The molecule has 0 bridgehead atoms. The molecule has 1 saturated heterocycles. The summed E-state index contributed by atoms with van der Waals surface area (Å²) in [6.45, 7) is 9.70. The summed E-state index contributed by atoms with van der Waals surface area (Å²) in [5.74, 6) is 0.778. The van der Waals surface area contributed by atoms with Gasteiger partial charge in [-0.15, -0.1) is 0 Å². The van der Waals surface area contributed by atoms with E-state index in [9.17, 15) is 9.59 Å². The number of piperidine rings is 1. The van der Waals surface area contributed by atoms with Crippen LogP contribution in [0.3, 0.4) is 0 Å². The zero-order valence-electron chi connectivity index (χ0n) is 17.5. The maximum atomic E-state index is 12.2. The van der Waals surface area contributed by atoms with Gasteiger partial charge in [0.1, 0.15) is 11.4 Å². The molecule has 1 aromatic heterocycles. The van der Waals surface area contributed by atoms with Crippen molar-refractivity contribution < 1.29 is 24.2 Å². The highest BCUT2D eigenvalue weighted by molar-refractivity contribution is 5.85. The Morgan fingerprint density at radius 1 is 1.24 bits per heavy atom. The molecule has 29 heavy (non-hydrogen) atoms. The van der Waals surface area contributed by atoms with E-state index in [2.05, 4.69) is 5.10 Å². The van der Waals surface area contributed by atoms with Gasteiger partial charge in [-0.1, -0.05) is 6.92 Å². The summed E-state index contributed by atoms with van der Waals surface area (Å²) in [4.78, 5) is 24.9. The number of benzene rings is 1. The number of carbonyl (C=O) groups is 2. The van der Waals surface area contributed by atoms with Crippen molar-refractivity contribution in [3.05, 3.63) is 23.9 Å². The normalized spacial score (nSPS) is 15.5. The van der Waals surface area contributed by atoms with E-state index in [4.69, 9.17) is 14.6 Å². The number of hydrogen-bond acceptors (Lipinski definition) is 5. The minimum absolute atomic E-state index is 0.251. The van der Waals surface area contributed by atoms with Crippen LogP contribution in [0.2, 0.25) is 0 Å². The molecule has 1 aromatic carbocycles. The van der Waals surface area contributed by atoms with Crippen LogP contribution in [0.1, 0.15) is 46.1 Å². The number of rotatable bonds is 4. The largest absolute Gasteiger partial charge is 0.511 e. The molecule has 0 aliphatic carbocycles. The average molecular weight is 403 g/mol. The summed E-state index contributed by atoms with van der Waals surface area (Å²) in [6.07, 6.45) is 2.83. The highest BCUT2D eigenvalue weighted by atomic mass is 16.7. The molecular formula is C21H29N3O5. The summed E-state index contributed by atoms with van der Waals surface area (Å²) >= 11 is 0. The third kappa shape index (κ3) is 5.19. The van der Waals surface area contributed by atoms with Gasteiger partial charge in [0.05, 0.1) is 5.52 Å². The van der Waals surface area contributed by atoms with Crippen LogP contribution in [0.4, 0.5) is 9.59 Å². The minimum Gasteiger partial charge on any atom is -0.449 e. The van der Waals surface area contributed by atoms with Crippen LogP contribution in [0.25, 0.3) is 10.9 Å². The zero-order valence-corrected chi connectivity index (χ0v) is 17.5. The van der Waals surface area contributed by atoms with Crippen molar-refractivity contribution in [2.24, 2.45) is 5.92 Å². The van der Waals surface area contributed by atoms with E-state index in [1.165, 1.54) is 0 Å². The first kappa shape index (κ1) is 21.0. The minimum atomic E-state index is -1.32. The number of fused-ring (bicyclic) bond motifs is 1. The molecule has 8 heteroatoms. The number of aryl methyl sites for hydroxylation is 1. The first-order valence-corrected chi connectivity index (χ1v) is 10.0. The topological polar surface area (TPSA) is 93.9 Å². The summed E-state index contributed by atoms with van der Waals surface area (Å²) in [5.41, 5.74) is 1.19. The number of carboxylic acid groups (broad SMARTS) is 1. The van der Waals surface area contributed by atoms with Gasteiger partial charge < -0.3 is 19.5 Å². The van der Waals surface area contributed by atoms with Gasteiger partial charge in [0.15, 0.2) is 0 Å². The Morgan fingerprint density at radius 3 is 2.52 bits per heavy atom. The van der Waals surface area contributed by atoms with Gasteiger partial charge in [-0.05, 0) is 58.1 Å². The molecule has 0 saturated carbocycles. The van der Waals surface area contributed by atoms with Gasteiger partial charge in [0, 0.05) is 36.8 Å². The van der Waals surface area contributed by atoms with E-state index in [0.29, 0.717) is 31.2 Å². The van der Waals surface area contributed by atoms with Crippen molar-refractivity contribution in [3.63, 3.8) is 0 Å². The van der Waals surface area contributed by atoms with E-state index >= 15 is 0 Å². The highest BCUT2D eigenvalue weighted by Crippen LogP contribution is 2.29. The Labute approximate surface area is 170 Å². The van der Waals surface area contributed by atoms with Crippen LogP contribution in [0.15, 0.2) is 18.3 Å². The van der Waals surface area contributed by atoms with E-state index in [0.717, 1.165) is 35.9 Å². The van der Waals surface area contributed by atoms with Gasteiger partial charge in [-0.25, -0.2) is 9.59 Å². The van der Waals surface area contributed by atoms with E-state index < -0.39 is 11.8 Å². The van der Waals surface area contributed by atoms with Crippen molar-refractivity contribution in [2.75, 3.05) is 13.1 Å². The van der Waals surface area contributed by atoms with Gasteiger partial charge in [-0.2, -0.15) is 5.10 Å². The van der Waals surface area contributed by atoms with Crippen molar-refractivity contribution in [2.45, 2.75) is 59.1 Å². The summed E-state index contributed by atoms with van der Waals surface area (Å²) < 4.78 is 12.3. The summed E-state index contributed by atoms with van der Waals surface area (Å²) in [6, 6.07) is 3.44. The number of nitrogens with zero attached hydrogens (tertiary/aromatic N) is 3. The van der Waals surface area contributed by atoms with Crippen molar-refractivity contribution in [1.82, 2.24) is 14.7 Å². The Hall–Kier alpha value is -2.77. The lowest BCUT2D eigenvalue weighted by Gasteiger charge is -2.33. The van der Waals surface area contributed by atoms with Gasteiger partial charge in [-0.3, -0.25) is 4.68 Å². The molecule has 0 radical (unpaired) electrons. The van der Waals surface area contributed by atoms with Crippen LogP contribution < -0.4 is 4.74 Å². The number of likely N-dealkylation sites (tertiary alicyclic amines) is 1. The Balaban J connectivity index is 1.65. The molecule has 0 atom stereocenters. The fourth-order valence-corrected chi connectivity index (χ4v) is 3.72. The smallest absolute Gasteiger partial charge is 0.449 e. The Kier molecular flexibility index (Phi) is 6.00. The number of carbonyl (C=O) groups excluding carboxylic acids is 1. The van der Waals surface area contributed by atoms with Gasteiger partial charge >= 0.3 is 12.2 Å². The molecule has 1 aliphatic rings. The molecule has 2 aromatic rings. The van der Waals surface area contributed by atoms with E-state index in [-0.39, 0.29) is 6.09 Å². The van der Waals surface area contributed by atoms with E-state index in [1.54, 1.807) is 17.0 Å². The Bertz CT molecular complexity index is 892. The number of hydrogen-bond donors (Lipinski definition) is 1. The van der Waals surface area contributed by atoms with Crippen molar-refractivity contribution in [1.29, 1.82) is 0 Å². The highest BCUT2D eigenvalue weighted by Gasteiger charge is 2.27. The molecule has 1 fully saturated rings. The third-order valence-corrected chi connectivity index (χ3v) is 5.07. The number of aromatic nitrogens is 2. The molecule has 3 rings (SSSR count). The van der Waals surface area contributed by atoms with Crippen LogP contribution in [-0.4, -0.2) is 50.7 Å². The van der Waals surface area contributed by atoms with Crippen LogP contribution in [-0.2, 0) is 17.7 Å². The molecular weight excluding hydrogens is 374 g/mol. The third-order valence-electron chi connectivity index (χ3n) is 5.07. The van der Waals surface area contributed by atoms with Gasteiger partial charge in [0.25, 0.3) is 0 Å². The standard InChI is InChI=1S/C21H29N3O5/c1-5-15-16-13-24(22-17(16)6-7-18(15)28-20(26)27)12-14-8-10-23(11-9-14)19(25)29-21(2,3)4/h6-7,13-14H,5,8-12H2,1-4H3,(H,26,27). The SMILES string of the molecule is CCc1c(OC(=O)O)ccc2nn(CC3CCN(C(=O)OC(C)(C)C)CC3)cc12. The molecule has 0 unspecified atom stereocenters. The lowest BCUT2D eigenvalue weighted by atomic mass is 9.97. The molecule has 1 amide bonds. The van der Waals surface area contributed by atoms with E-state index in [1.807, 2.05) is 38.6 Å². The number of amides is 1. The lowest BCUT2D eigenvalue weighted by molar-refractivity contribution is 0.0177. The predicted octanol–water partition coefficient (Wildman–Crippen LogP) is 4.30. The summed E-state index contributed by atoms with van der Waals surface area (Å²) in [7, 11) is 0. The molecule has 2 heterocycles. The molecule has 158 valence electrons. The second kappa shape index (κ2) is 8.31. The van der Waals surface area contributed by atoms with Crippen molar-refractivity contribution in [3.8, 4) is 5.75 Å². The monoisotopic (exact) mass is 403 g/mol. The molecule has 1 aliphatic heterocycles. The quantitative estimate of drug-likeness (QED) is 0.604. The van der Waals surface area contributed by atoms with Crippen LogP contribution in [0, 0.1) is 5.92 Å². The van der Waals surface area contributed by atoms with Crippen LogP contribution >= 0.6 is 0 Å². The predicted molar refractivity (Wildman–Crippen MR) is 108 cm³/mol. The lowest BCUT2D eigenvalue weighted by Crippen LogP contribution is -2.42. The Morgan fingerprint density at radius 2 is 1.93 bits per heavy atom.